The molecule has 0 bridgehead atoms. The van der Waals surface area contributed by atoms with Crippen molar-refractivity contribution in [2.75, 3.05) is 13.1 Å². The van der Waals surface area contributed by atoms with Gasteiger partial charge in [0.1, 0.15) is 0 Å². The highest BCUT2D eigenvalue weighted by Gasteiger charge is 2.34. The molecule has 8 nitrogen and oxygen atoms in total. The summed E-state index contributed by atoms with van der Waals surface area (Å²) < 4.78 is 0. The van der Waals surface area contributed by atoms with Crippen LogP contribution < -0.4 is 5.73 Å². The van der Waals surface area contributed by atoms with Gasteiger partial charge in [-0.05, 0) is 24.0 Å². The Morgan fingerprint density at radius 1 is 1.23 bits per heavy atom. The third-order valence-corrected chi connectivity index (χ3v) is 4.73. The van der Waals surface area contributed by atoms with E-state index >= 15 is 0 Å². The Balaban J connectivity index is 1.82. The van der Waals surface area contributed by atoms with Gasteiger partial charge in [0, 0.05) is 18.7 Å². The zero-order chi connectivity index (χ0) is 18.7. The molecule has 1 aromatic heterocycles. The van der Waals surface area contributed by atoms with Gasteiger partial charge in [0.15, 0.2) is 6.04 Å². The molecule has 0 spiro atoms. The van der Waals surface area contributed by atoms with Crippen LogP contribution in [0.2, 0.25) is 0 Å². The van der Waals surface area contributed by atoms with Crippen molar-refractivity contribution in [3.8, 4) is 11.4 Å². The zero-order valence-corrected chi connectivity index (χ0v) is 15.1. The fraction of sp³-hybridized carbons (Fsp3) is 0.500. The number of nitrogens with zero attached hydrogens (tertiary/aromatic N) is 5. The molecule has 2 N–H and O–H groups in total. The maximum absolute atomic E-state index is 13.1. The maximum Gasteiger partial charge on any atom is 0.249 e. The summed E-state index contributed by atoms with van der Waals surface area (Å²) in [6.07, 6.45) is 1.50. The molecule has 26 heavy (non-hydrogen) atoms. The van der Waals surface area contributed by atoms with Gasteiger partial charge >= 0.3 is 0 Å². The molecule has 2 unspecified atom stereocenters. The number of primary amides is 1. The Hall–Kier alpha value is -2.77. The zero-order valence-electron chi connectivity index (χ0n) is 15.1. The van der Waals surface area contributed by atoms with Crippen molar-refractivity contribution in [3.05, 3.63) is 30.3 Å². The van der Waals surface area contributed by atoms with Crippen molar-refractivity contribution < 1.29 is 9.59 Å². The smallest absolute Gasteiger partial charge is 0.249 e. The van der Waals surface area contributed by atoms with Crippen LogP contribution >= 0.6 is 0 Å². The number of carbonyl (C=O) groups excluding carboxylic acids is 2. The summed E-state index contributed by atoms with van der Waals surface area (Å²) in [4.78, 5) is 27.7. The SMILES string of the molecule is CC(C)C(C(=O)N1CCCC(C(N)=O)C1)n1nnc(-c2ccccc2)n1. The molecular weight excluding hydrogens is 332 g/mol. The van der Waals surface area contributed by atoms with E-state index in [-0.39, 0.29) is 23.7 Å². The number of hydrogen-bond donors (Lipinski definition) is 1. The molecule has 0 radical (unpaired) electrons. The largest absolute Gasteiger partial charge is 0.369 e. The molecule has 0 aliphatic carbocycles. The van der Waals surface area contributed by atoms with Gasteiger partial charge in [0.25, 0.3) is 0 Å². The molecule has 2 amide bonds. The fourth-order valence-electron chi connectivity index (χ4n) is 3.29. The highest BCUT2D eigenvalue weighted by molar-refractivity contribution is 5.82. The molecule has 0 saturated carbocycles. The molecule has 138 valence electrons. The normalized spacial score (nSPS) is 18.7. The molecule has 1 aliphatic rings. The van der Waals surface area contributed by atoms with E-state index in [0.29, 0.717) is 18.9 Å². The molecule has 1 fully saturated rings. The molecule has 3 rings (SSSR count). The predicted octanol–water partition coefficient (Wildman–Crippen LogP) is 1.26. The van der Waals surface area contributed by atoms with Crippen molar-refractivity contribution in [2.45, 2.75) is 32.7 Å². The van der Waals surface area contributed by atoms with Crippen LogP contribution in [0.1, 0.15) is 32.7 Å². The van der Waals surface area contributed by atoms with Gasteiger partial charge in [0.05, 0.1) is 5.92 Å². The predicted molar refractivity (Wildman–Crippen MR) is 95.6 cm³/mol. The Morgan fingerprint density at radius 2 is 1.96 bits per heavy atom. The number of amides is 2. The standard InChI is InChI=1S/C18H24N6O2/c1-12(2)15(18(26)23-10-6-9-14(11-23)16(19)25)24-21-17(20-22-24)13-7-4-3-5-8-13/h3-5,7-8,12,14-15H,6,9-11H2,1-2H3,(H2,19,25). The number of carbonyl (C=O) groups is 2. The molecule has 1 aromatic carbocycles. The lowest BCUT2D eigenvalue weighted by Gasteiger charge is -2.34. The number of likely N-dealkylation sites (tertiary alicyclic amines) is 1. The molecule has 2 atom stereocenters. The minimum absolute atomic E-state index is 0.0192. The van der Waals surface area contributed by atoms with Crippen LogP contribution in [-0.4, -0.2) is 50.0 Å². The topological polar surface area (TPSA) is 107 Å². The summed E-state index contributed by atoms with van der Waals surface area (Å²) >= 11 is 0. The Labute approximate surface area is 152 Å². The molecular formula is C18H24N6O2. The third-order valence-electron chi connectivity index (χ3n) is 4.73. The van der Waals surface area contributed by atoms with E-state index in [4.69, 9.17) is 5.73 Å². The molecule has 2 aromatic rings. The van der Waals surface area contributed by atoms with E-state index < -0.39 is 6.04 Å². The van der Waals surface area contributed by atoms with Crippen LogP contribution in [0.5, 0.6) is 0 Å². The second kappa shape index (κ2) is 7.63. The average molecular weight is 356 g/mol. The number of piperidine rings is 1. The van der Waals surface area contributed by atoms with E-state index in [0.717, 1.165) is 18.4 Å². The Bertz CT molecular complexity index is 773. The maximum atomic E-state index is 13.1. The van der Waals surface area contributed by atoms with E-state index in [1.807, 2.05) is 44.2 Å². The van der Waals surface area contributed by atoms with Gasteiger partial charge in [-0.3, -0.25) is 9.59 Å². The van der Waals surface area contributed by atoms with Crippen LogP contribution in [0.3, 0.4) is 0 Å². The van der Waals surface area contributed by atoms with Crippen LogP contribution in [0.4, 0.5) is 0 Å². The van der Waals surface area contributed by atoms with E-state index in [1.165, 1.54) is 4.80 Å². The number of rotatable bonds is 5. The van der Waals surface area contributed by atoms with Crippen LogP contribution in [0.15, 0.2) is 30.3 Å². The van der Waals surface area contributed by atoms with Gasteiger partial charge in [-0.2, -0.15) is 4.80 Å². The molecule has 1 aliphatic heterocycles. The summed E-state index contributed by atoms with van der Waals surface area (Å²) in [6.45, 7) is 4.87. The summed E-state index contributed by atoms with van der Waals surface area (Å²) in [5.74, 6) is -0.270. The number of aromatic nitrogens is 4. The van der Waals surface area contributed by atoms with Gasteiger partial charge in [-0.15, -0.1) is 10.2 Å². The number of nitrogens with two attached hydrogens (primary N) is 1. The second-order valence-electron chi connectivity index (χ2n) is 7.01. The summed E-state index contributed by atoms with van der Waals surface area (Å²) in [7, 11) is 0. The van der Waals surface area contributed by atoms with Crippen molar-refractivity contribution in [3.63, 3.8) is 0 Å². The van der Waals surface area contributed by atoms with Crippen LogP contribution in [0, 0.1) is 11.8 Å². The first-order valence-corrected chi connectivity index (χ1v) is 8.90. The van der Waals surface area contributed by atoms with E-state index in [2.05, 4.69) is 15.4 Å². The first-order chi connectivity index (χ1) is 12.5. The quantitative estimate of drug-likeness (QED) is 0.868. The van der Waals surface area contributed by atoms with Crippen LogP contribution in [-0.2, 0) is 9.59 Å². The highest BCUT2D eigenvalue weighted by Crippen LogP contribution is 2.24. The summed E-state index contributed by atoms with van der Waals surface area (Å²) in [5, 5.41) is 12.6. The van der Waals surface area contributed by atoms with Crippen molar-refractivity contribution in [1.82, 2.24) is 25.1 Å². The highest BCUT2D eigenvalue weighted by atomic mass is 16.2. The first kappa shape index (κ1) is 18.0. The number of tetrazole rings is 1. The lowest BCUT2D eigenvalue weighted by atomic mass is 9.95. The van der Waals surface area contributed by atoms with Gasteiger partial charge in [-0.1, -0.05) is 44.2 Å². The summed E-state index contributed by atoms with van der Waals surface area (Å²) in [6, 6.07) is 8.95. The lowest BCUT2D eigenvalue weighted by molar-refractivity contribution is -0.140. The molecule has 1 saturated heterocycles. The second-order valence-corrected chi connectivity index (χ2v) is 7.01. The third kappa shape index (κ3) is 3.74. The lowest BCUT2D eigenvalue weighted by Crippen LogP contribution is -2.47. The van der Waals surface area contributed by atoms with E-state index in [9.17, 15) is 9.59 Å². The first-order valence-electron chi connectivity index (χ1n) is 8.90. The Morgan fingerprint density at radius 3 is 2.62 bits per heavy atom. The van der Waals surface area contributed by atoms with E-state index in [1.54, 1.807) is 4.90 Å². The Kier molecular flexibility index (Phi) is 5.29. The van der Waals surface area contributed by atoms with Crippen molar-refractivity contribution in [2.24, 2.45) is 17.6 Å². The van der Waals surface area contributed by atoms with Gasteiger partial charge in [0.2, 0.25) is 17.6 Å². The minimum atomic E-state index is -0.563. The average Bonchev–Trinajstić information content (AvgIpc) is 3.12. The van der Waals surface area contributed by atoms with Crippen molar-refractivity contribution >= 4 is 11.8 Å². The fourth-order valence-corrected chi connectivity index (χ4v) is 3.29. The number of hydrogen-bond acceptors (Lipinski definition) is 5. The molecule has 8 heteroatoms. The number of benzene rings is 1. The van der Waals surface area contributed by atoms with Gasteiger partial charge < -0.3 is 10.6 Å². The van der Waals surface area contributed by atoms with Crippen molar-refractivity contribution in [1.29, 1.82) is 0 Å². The van der Waals surface area contributed by atoms with Crippen LogP contribution in [0.25, 0.3) is 11.4 Å². The monoisotopic (exact) mass is 356 g/mol. The van der Waals surface area contributed by atoms with Gasteiger partial charge in [-0.25, -0.2) is 0 Å². The summed E-state index contributed by atoms with van der Waals surface area (Å²) in [5.41, 5.74) is 6.28. The molecule has 2 heterocycles. The minimum Gasteiger partial charge on any atom is -0.369 e.